The molecule has 1 aliphatic heterocycles. The van der Waals surface area contributed by atoms with E-state index in [0.29, 0.717) is 19.6 Å². The Bertz CT molecular complexity index is 493. The Morgan fingerprint density at radius 1 is 1.43 bits per heavy atom. The van der Waals surface area contributed by atoms with Gasteiger partial charge in [-0.2, -0.15) is 13.2 Å². The first kappa shape index (κ1) is 15.9. The summed E-state index contributed by atoms with van der Waals surface area (Å²) < 4.78 is 38.9. The lowest BCUT2D eigenvalue weighted by Gasteiger charge is -2.35. The van der Waals surface area contributed by atoms with Crippen molar-refractivity contribution in [2.75, 3.05) is 29.9 Å². The maximum atomic E-state index is 13.0. The molecule has 0 amide bonds. The van der Waals surface area contributed by atoms with Gasteiger partial charge in [0.25, 0.3) is 0 Å². The van der Waals surface area contributed by atoms with E-state index in [1.165, 1.54) is 0 Å². The van der Waals surface area contributed by atoms with Crippen molar-refractivity contribution in [2.45, 2.75) is 32.5 Å². The molecule has 21 heavy (non-hydrogen) atoms. The fourth-order valence-electron chi connectivity index (χ4n) is 2.37. The van der Waals surface area contributed by atoms with E-state index in [1.54, 1.807) is 11.8 Å². The molecule has 1 fully saturated rings. The molecule has 2 atom stereocenters. The first-order valence-corrected chi connectivity index (χ1v) is 7.07. The van der Waals surface area contributed by atoms with Gasteiger partial charge in [0, 0.05) is 19.6 Å². The first-order chi connectivity index (χ1) is 9.81. The summed E-state index contributed by atoms with van der Waals surface area (Å²) in [7, 11) is 0. The van der Waals surface area contributed by atoms with E-state index in [4.69, 9.17) is 0 Å². The number of hydrogen-bond donors (Lipinski definition) is 2. The van der Waals surface area contributed by atoms with Crippen LogP contribution in [0, 0.1) is 5.92 Å². The molecule has 1 saturated heterocycles. The van der Waals surface area contributed by atoms with Gasteiger partial charge in [0.05, 0.1) is 11.7 Å². The molecule has 0 saturated carbocycles. The molecule has 0 aliphatic carbocycles. The minimum atomic E-state index is -4.41. The zero-order valence-corrected chi connectivity index (χ0v) is 12.1. The van der Waals surface area contributed by atoms with Crippen molar-refractivity contribution in [3.63, 3.8) is 0 Å². The Hall–Kier alpha value is -1.50. The summed E-state index contributed by atoms with van der Waals surface area (Å²) in [6.45, 7) is 5.13. The molecule has 0 bridgehead atoms. The number of aliphatic hydroxyl groups is 1. The van der Waals surface area contributed by atoms with Gasteiger partial charge in [-0.05, 0) is 31.4 Å². The van der Waals surface area contributed by atoms with Crippen molar-refractivity contribution in [3.8, 4) is 0 Å². The monoisotopic (exact) mass is 303 g/mol. The lowest BCUT2D eigenvalue weighted by atomic mass is 9.96. The molecule has 1 aliphatic rings. The van der Waals surface area contributed by atoms with E-state index in [0.717, 1.165) is 18.6 Å². The van der Waals surface area contributed by atoms with Crippen LogP contribution in [0.3, 0.4) is 0 Å². The Labute approximate surface area is 122 Å². The molecule has 2 heterocycles. The van der Waals surface area contributed by atoms with E-state index in [9.17, 15) is 18.3 Å². The third-order valence-electron chi connectivity index (χ3n) is 3.74. The van der Waals surface area contributed by atoms with E-state index < -0.39 is 17.8 Å². The van der Waals surface area contributed by atoms with Crippen molar-refractivity contribution in [3.05, 3.63) is 17.7 Å². The van der Waals surface area contributed by atoms with Crippen molar-refractivity contribution >= 4 is 11.6 Å². The predicted molar refractivity (Wildman–Crippen MR) is 75.4 cm³/mol. The number of pyridine rings is 1. The van der Waals surface area contributed by atoms with Gasteiger partial charge in [-0.25, -0.2) is 4.98 Å². The molecular formula is C14H20F3N3O. The number of alkyl halides is 3. The molecule has 7 heteroatoms. The predicted octanol–water partition coefficient (Wildman–Crippen LogP) is 2.74. The standard InChI is InChI=1S/C14H20F3N3O/c1-3-18-12-6-10(14(15,16)17)7-13(19-12)20-5-4-9(2)11(21)8-20/h6-7,9,11,21H,3-5,8H2,1-2H3,(H,18,19). The maximum absolute atomic E-state index is 13.0. The van der Waals surface area contributed by atoms with Gasteiger partial charge in [0.1, 0.15) is 11.6 Å². The summed E-state index contributed by atoms with van der Waals surface area (Å²) in [6, 6.07) is 2.06. The zero-order chi connectivity index (χ0) is 15.6. The Morgan fingerprint density at radius 3 is 2.71 bits per heavy atom. The molecule has 0 radical (unpaired) electrons. The second-order valence-electron chi connectivity index (χ2n) is 5.41. The number of hydrogen-bond acceptors (Lipinski definition) is 4. The van der Waals surface area contributed by atoms with Crippen LogP contribution in [0.5, 0.6) is 0 Å². The quantitative estimate of drug-likeness (QED) is 0.901. The van der Waals surface area contributed by atoms with E-state index in [-0.39, 0.29) is 17.6 Å². The summed E-state index contributed by atoms with van der Waals surface area (Å²) >= 11 is 0. The smallest absolute Gasteiger partial charge is 0.391 e. The summed E-state index contributed by atoms with van der Waals surface area (Å²) in [4.78, 5) is 5.93. The Balaban J connectivity index is 2.31. The van der Waals surface area contributed by atoms with Crippen LogP contribution in [-0.4, -0.2) is 35.8 Å². The topological polar surface area (TPSA) is 48.4 Å². The van der Waals surface area contributed by atoms with Crippen molar-refractivity contribution in [1.82, 2.24) is 4.98 Å². The molecule has 0 aromatic carbocycles. The normalized spacial score (nSPS) is 23.2. The number of nitrogens with one attached hydrogen (secondary N) is 1. The van der Waals surface area contributed by atoms with Crippen LogP contribution in [0.4, 0.5) is 24.8 Å². The van der Waals surface area contributed by atoms with Crippen LogP contribution in [0.1, 0.15) is 25.8 Å². The molecule has 4 nitrogen and oxygen atoms in total. The molecule has 2 N–H and O–H groups in total. The average molecular weight is 303 g/mol. The second-order valence-corrected chi connectivity index (χ2v) is 5.41. The summed E-state index contributed by atoms with van der Waals surface area (Å²) in [5.74, 6) is 0.613. The van der Waals surface area contributed by atoms with E-state index in [1.807, 2.05) is 6.92 Å². The number of piperidine rings is 1. The van der Waals surface area contributed by atoms with Crippen LogP contribution >= 0.6 is 0 Å². The molecule has 1 aromatic rings. The molecular weight excluding hydrogens is 283 g/mol. The fourth-order valence-corrected chi connectivity index (χ4v) is 2.37. The summed E-state index contributed by atoms with van der Waals surface area (Å²) in [5, 5.41) is 12.7. The molecule has 2 unspecified atom stereocenters. The lowest BCUT2D eigenvalue weighted by molar-refractivity contribution is -0.137. The van der Waals surface area contributed by atoms with Gasteiger partial charge in [-0.15, -0.1) is 0 Å². The van der Waals surface area contributed by atoms with E-state index in [2.05, 4.69) is 10.3 Å². The molecule has 1 aromatic heterocycles. The van der Waals surface area contributed by atoms with Gasteiger partial charge in [-0.3, -0.25) is 0 Å². The fraction of sp³-hybridized carbons (Fsp3) is 0.643. The molecule has 118 valence electrons. The minimum Gasteiger partial charge on any atom is -0.391 e. The zero-order valence-electron chi connectivity index (χ0n) is 12.1. The van der Waals surface area contributed by atoms with Crippen LogP contribution < -0.4 is 10.2 Å². The highest BCUT2D eigenvalue weighted by atomic mass is 19.4. The number of β-amino-alcohol motifs (C(OH)–C–C–N with tert-alkyl or cyclic N) is 1. The maximum Gasteiger partial charge on any atom is 0.416 e. The van der Waals surface area contributed by atoms with Crippen LogP contribution in [0.25, 0.3) is 0 Å². The van der Waals surface area contributed by atoms with Gasteiger partial charge >= 0.3 is 6.18 Å². The largest absolute Gasteiger partial charge is 0.416 e. The number of aliphatic hydroxyl groups excluding tert-OH is 1. The number of rotatable bonds is 3. The number of halogens is 3. The van der Waals surface area contributed by atoms with E-state index >= 15 is 0 Å². The number of anilines is 2. The van der Waals surface area contributed by atoms with Crippen LogP contribution in [-0.2, 0) is 6.18 Å². The number of aromatic nitrogens is 1. The Kier molecular flexibility index (Phi) is 4.61. The Morgan fingerprint density at radius 2 is 2.14 bits per heavy atom. The minimum absolute atomic E-state index is 0.153. The molecule has 0 spiro atoms. The van der Waals surface area contributed by atoms with Crippen LogP contribution in [0.15, 0.2) is 12.1 Å². The first-order valence-electron chi connectivity index (χ1n) is 7.07. The average Bonchev–Trinajstić information content (AvgIpc) is 2.41. The van der Waals surface area contributed by atoms with Gasteiger partial charge in [-0.1, -0.05) is 6.92 Å². The highest BCUT2D eigenvalue weighted by Gasteiger charge is 2.33. The van der Waals surface area contributed by atoms with Crippen LogP contribution in [0.2, 0.25) is 0 Å². The van der Waals surface area contributed by atoms with Gasteiger partial charge in [0.2, 0.25) is 0 Å². The summed E-state index contributed by atoms with van der Waals surface area (Å²) in [6.07, 6.45) is -4.23. The highest BCUT2D eigenvalue weighted by molar-refractivity contribution is 5.51. The number of nitrogens with zero attached hydrogens (tertiary/aromatic N) is 2. The molecule has 2 rings (SSSR count). The summed E-state index contributed by atoms with van der Waals surface area (Å²) in [5.41, 5.74) is -0.725. The second kappa shape index (κ2) is 6.09. The highest BCUT2D eigenvalue weighted by Crippen LogP contribution is 2.33. The SMILES string of the molecule is CCNc1cc(C(F)(F)F)cc(N2CCC(C)C(O)C2)n1. The third kappa shape index (κ3) is 3.78. The van der Waals surface area contributed by atoms with Crippen molar-refractivity contribution in [1.29, 1.82) is 0 Å². The van der Waals surface area contributed by atoms with Gasteiger partial charge < -0.3 is 15.3 Å². The van der Waals surface area contributed by atoms with Crippen molar-refractivity contribution < 1.29 is 18.3 Å². The van der Waals surface area contributed by atoms with Gasteiger partial charge in [0.15, 0.2) is 0 Å². The lowest BCUT2D eigenvalue weighted by Crippen LogP contribution is -2.43. The third-order valence-corrected chi connectivity index (χ3v) is 3.74. The van der Waals surface area contributed by atoms with Crippen molar-refractivity contribution in [2.24, 2.45) is 5.92 Å².